The second-order valence-corrected chi connectivity index (χ2v) is 7.09. The van der Waals surface area contributed by atoms with Gasteiger partial charge in [0.15, 0.2) is 0 Å². The summed E-state index contributed by atoms with van der Waals surface area (Å²) in [6.07, 6.45) is -2.78. The highest BCUT2D eigenvalue weighted by molar-refractivity contribution is 7.06. The maximum Gasteiger partial charge on any atom is 0.394 e. The monoisotopic (exact) mass is 392 g/mol. The number of hydrogen-bond acceptors (Lipinski definition) is 5. The van der Waals surface area contributed by atoms with E-state index in [1.807, 2.05) is 24.3 Å². The molecule has 0 aliphatic carbocycles. The lowest BCUT2D eigenvalue weighted by Gasteiger charge is -2.12. The van der Waals surface area contributed by atoms with Crippen molar-refractivity contribution < 1.29 is 18.3 Å². The number of benzene rings is 2. The molecular weight excluding hydrogens is 374 g/mol. The third-order valence-electron chi connectivity index (χ3n) is 3.71. The number of halogens is 2. The molecule has 0 saturated heterocycles. The van der Waals surface area contributed by atoms with E-state index in [4.69, 9.17) is 4.74 Å². The van der Waals surface area contributed by atoms with Crippen molar-refractivity contribution in [3.8, 4) is 11.5 Å². The zero-order valence-electron chi connectivity index (χ0n) is 14.8. The van der Waals surface area contributed by atoms with Gasteiger partial charge in [-0.2, -0.15) is 13.8 Å². The molecule has 1 aromatic heterocycles. The number of hydrogen-bond donors (Lipinski definition) is 0. The van der Waals surface area contributed by atoms with Crippen molar-refractivity contribution in [2.24, 2.45) is 0 Å². The van der Waals surface area contributed by atoms with Crippen molar-refractivity contribution in [1.82, 2.24) is 8.94 Å². The number of nitrogens with zero attached hydrogens (tertiary/aromatic N) is 2. The molecular formula is C19H18F2N2O3S. The molecule has 3 aromatic rings. The van der Waals surface area contributed by atoms with E-state index in [2.05, 4.69) is 9.72 Å². The molecule has 27 heavy (non-hydrogen) atoms. The van der Waals surface area contributed by atoms with Gasteiger partial charge < -0.3 is 9.47 Å². The summed E-state index contributed by atoms with van der Waals surface area (Å²) in [5.41, 5.74) is 1.51. The Morgan fingerprint density at radius 2 is 1.63 bits per heavy atom. The Bertz CT molecular complexity index is 945. The van der Waals surface area contributed by atoms with Crippen molar-refractivity contribution in [1.29, 1.82) is 0 Å². The van der Waals surface area contributed by atoms with Crippen LogP contribution in [0.5, 0.6) is 11.5 Å². The van der Waals surface area contributed by atoms with Crippen molar-refractivity contribution in [3.63, 3.8) is 0 Å². The van der Waals surface area contributed by atoms with E-state index < -0.39 is 6.11 Å². The summed E-state index contributed by atoms with van der Waals surface area (Å²) in [6, 6.07) is 13.8. The van der Waals surface area contributed by atoms with Crippen molar-refractivity contribution in [2.75, 3.05) is 7.11 Å². The van der Waals surface area contributed by atoms with E-state index in [-0.39, 0.29) is 11.4 Å². The summed E-state index contributed by atoms with van der Waals surface area (Å²) >= 11 is 1.28. The molecule has 142 valence electrons. The molecule has 0 amide bonds. The normalized spacial score (nSPS) is 11.4. The first-order valence-corrected chi connectivity index (χ1v) is 8.95. The molecule has 0 fully saturated rings. The topological polar surface area (TPSA) is 53.4 Å². The van der Waals surface area contributed by atoms with Crippen LogP contribution in [0, 0.1) is 0 Å². The Morgan fingerprint density at radius 3 is 2.22 bits per heavy atom. The van der Waals surface area contributed by atoms with Crippen LogP contribution < -0.4 is 15.2 Å². The van der Waals surface area contributed by atoms with Gasteiger partial charge in [0, 0.05) is 13.3 Å². The number of methoxy groups -OCH3 is 1. The van der Waals surface area contributed by atoms with E-state index >= 15 is 0 Å². The number of aromatic nitrogens is 2. The number of rotatable bonds is 7. The van der Waals surface area contributed by atoms with E-state index in [1.54, 1.807) is 23.2 Å². The zero-order chi connectivity index (χ0) is 19.4. The average molecular weight is 392 g/mol. The number of ether oxygens (including phenoxy) is 2. The fraction of sp³-hybridized carbons (Fsp3) is 0.263. The van der Waals surface area contributed by atoms with E-state index in [0.717, 1.165) is 16.9 Å². The third kappa shape index (κ3) is 5.37. The van der Waals surface area contributed by atoms with Crippen molar-refractivity contribution >= 4 is 11.5 Å². The molecule has 0 bridgehead atoms. The van der Waals surface area contributed by atoms with Crippen LogP contribution in [0.4, 0.5) is 8.78 Å². The first-order chi connectivity index (χ1) is 12.8. The van der Waals surface area contributed by atoms with Crippen LogP contribution >= 0.6 is 11.5 Å². The second kappa shape index (κ2) is 7.87. The number of alkyl halides is 2. The Kier molecular flexibility index (Phi) is 5.55. The smallest absolute Gasteiger partial charge is 0.394 e. The summed E-state index contributed by atoms with van der Waals surface area (Å²) in [5, 5.41) is 0.656. The largest absolute Gasteiger partial charge is 0.497 e. The summed E-state index contributed by atoms with van der Waals surface area (Å²) in [7, 11) is 1.60. The minimum Gasteiger partial charge on any atom is -0.497 e. The van der Waals surface area contributed by atoms with Crippen LogP contribution in [0.2, 0.25) is 0 Å². The SMILES string of the molecule is COc1ccc(Cn2sc(Cc3ccc(OC(C)(F)F)cc3)nc2=O)cc1. The fourth-order valence-corrected chi connectivity index (χ4v) is 3.41. The lowest BCUT2D eigenvalue weighted by molar-refractivity contribution is -0.158. The van der Waals surface area contributed by atoms with E-state index in [1.165, 1.54) is 23.7 Å². The zero-order valence-corrected chi connectivity index (χ0v) is 15.6. The van der Waals surface area contributed by atoms with Crippen LogP contribution in [0.25, 0.3) is 0 Å². The molecule has 1 heterocycles. The first kappa shape index (κ1) is 19.0. The van der Waals surface area contributed by atoms with Gasteiger partial charge in [0.25, 0.3) is 0 Å². The molecule has 0 saturated carbocycles. The Labute approximate surface area is 159 Å². The third-order valence-corrected chi connectivity index (χ3v) is 4.66. The molecule has 0 aliphatic heterocycles. The molecule has 0 spiro atoms. The molecule has 0 N–H and O–H groups in total. The minimum absolute atomic E-state index is 0.0875. The molecule has 0 radical (unpaired) electrons. The lowest BCUT2D eigenvalue weighted by atomic mass is 10.1. The van der Waals surface area contributed by atoms with Crippen LogP contribution in [0.15, 0.2) is 53.3 Å². The van der Waals surface area contributed by atoms with Gasteiger partial charge in [0.1, 0.15) is 16.5 Å². The van der Waals surface area contributed by atoms with Gasteiger partial charge in [0.05, 0.1) is 13.7 Å². The van der Waals surface area contributed by atoms with Crippen LogP contribution in [-0.2, 0) is 13.0 Å². The predicted molar refractivity (Wildman–Crippen MR) is 99.0 cm³/mol. The van der Waals surface area contributed by atoms with Gasteiger partial charge in [-0.3, -0.25) is 0 Å². The lowest BCUT2D eigenvalue weighted by Crippen LogP contribution is -2.18. The summed E-state index contributed by atoms with van der Waals surface area (Å²) in [4.78, 5) is 16.2. The van der Waals surface area contributed by atoms with Gasteiger partial charge in [0.2, 0.25) is 0 Å². The highest BCUT2D eigenvalue weighted by atomic mass is 32.1. The van der Waals surface area contributed by atoms with Crippen molar-refractivity contribution in [3.05, 3.63) is 75.1 Å². The fourth-order valence-electron chi connectivity index (χ4n) is 2.47. The molecule has 0 unspecified atom stereocenters. The van der Waals surface area contributed by atoms with Gasteiger partial charge in [-0.25, -0.2) is 8.75 Å². The Balaban J connectivity index is 1.68. The highest BCUT2D eigenvalue weighted by Gasteiger charge is 2.22. The molecule has 0 aliphatic rings. The molecule has 2 aromatic carbocycles. The maximum atomic E-state index is 12.8. The standard InChI is InChI=1S/C19H18F2N2O3S/c1-19(20,21)26-16-9-3-13(4-10-16)11-17-22-18(24)23(27-17)12-14-5-7-15(25-2)8-6-14/h3-10H,11-12H2,1-2H3. The summed E-state index contributed by atoms with van der Waals surface area (Å²) in [6.45, 7) is 1.12. The van der Waals surface area contributed by atoms with Crippen molar-refractivity contribution in [2.45, 2.75) is 26.0 Å². The van der Waals surface area contributed by atoms with Crippen LogP contribution in [-0.4, -0.2) is 22.2 Å². The summed E-state index contributed by atoms with van der Waals surface area (Å²) < 4.78 is 36.9. The van der Waals surface area contributed by atoms with Gasteiger partial charge in [-0.05, 0) is 46.9 Å². The molecule has 5 nitrogen and oxygen atoms in total. The maximum absolute atomic E-state index is 12.8. The Hall–Kier alpha value is -2.74. The molecule has 8 heteroatoms. The van der Waals surface area contributed by atoms with Gasteiger partial charge in [-0.1, -0.05) is 24.3 Å². The highest BCUT2D eigenvalue weighted by Crippen LogP contribution is 2.22. The first-order valence-electron chi connectivity index (χ1n) is 8.18. The molecule has 0 atom stereocenters. The van der Waals surface area contributed by atoms with E-state index in [9.17, 15) is 13.6 Å². The van der Waals surface area contributed by atoms with Gasteiger partial charge >= 0.3 is 11.8 Å². The van der Waals surface area contributed by atoms with Crippen LogP contribution in [0.1, 0.15) is 23.1 Å². The Morgan fingerprint density at radius 1 is 1.04 bits per heavy atom. The second-order valence-electron chi connectivity index (χ2n) is 5.99. The summed E-state index contributed by atoms with van der Waals surface area (Å²) in [5.74, 6) is 0.842. The predicted octanol–water partition coefficient (Wildman–Crippen LogP) is 3.94. The van der Waals surface area contributed by atoms with Gasteiger partial charge in [-0.15, -0.1) is 0 Å². The van der Waals surface area contributed by atoms with Crippen LogP contribution in [0.3, 0.4) is 0 Å². The van der Waals surface area contributed by atoms with E-state index in [0.29, 0.717) is 24.9 Å². The average Bonchev–Trinajstić information content (AvgIpc) is 2.95. The molecule has 3 rings (SSSR count). The minimum atomic E-state index is -3.22. The quantitative estimate of drug-likeness (QED) is 0.611.